The quantitative estimate of drug-likeness (QED) is 0.902. The third-order valence-corrected chi connectivity index (χ3v) is 3.04. The minimum atomic E-state index is -0.768. The summed E-state index contributed by atoms with van der Waals surface area (Å²) in [5.74, 6) is 0. The Morgan fingerprint density at radius 2 is 2.12 bits per heavy atom. The number of nitrogens with zero attached hydrogens (tertiary/aromatic N) is 1. The molecule has 0 saturated carbocycles. The molecule has 0 aliphatic carbocycles. The van der Waals surface area contributed by atoms with Crippen LogP contribution in [-0.4, -0.2) is 10.1 Å². The van der Waals surface area contributed by atoms with Gasteiger partial charge in [0.15, 0.2) is 0 Å². The van der Waals surface area contributed by atoms with Gasteiger partial charge in [-0.25, -0.2) is 0 Å². The summed E-state index contributed by atoms with van der Waals surface area (Å²) in [6.45, 7) is 2.08. The molecule has 17 heavy (non-hydrogen) atoms. The topological polar surface area (TPSA) is 33.1 Å². The third-order valence-electron chi connectivity index (χ3n) is 2.72. The second-order valence-electron chi connectivity index (χ2n) is 3.87. The molecule has 0 aliphatic rings. The summed E-state index contributed by atoms with van der Waals surface area (Å²) in [5, 5.41) is 10.7. The van der Waals surface area contributed by atoms with Gasteiger partial charge < -0.3 is 5.11 Å². The maximum Gasteiger partial charge on any atom is 0.122 e. The zero-order valence-corrected chi connectivity index (χ0v) is 10.4. The van der Waals surface area contributed by atoms with Gasteiger partial charge in [0.2, 0.25) is 0 Å². The summed E-state index contributed by atoms with van der Waals surface area (Å²) in [6.07, 6.45) is 1.81. The van der Waals surface area contributed by atoms with Crippen molar-refractivity contribution >= 4 is 11.6 Å². The lowest BCUT2D eigenvalue weighted by Gasteiger charge is -2.12. The summed E-state index contributed by atoms with van der Waals surface area (Å²) in [5.41, 5.74) is 2.51. The molecule has 0 aliphatic heterocycles. The standard InChI is InChI=1S/C14H14ClNO/c1-2-10-5-3-6-11(9-10)14(17)13-12(15)7-4-8-16-13/h3-9,14,17H,2H2,1H3. The molecule has 0 spiro atoms. The van der Waals surface area contributed by atoms with Crippen molar-refractivity contribution in [1.29, 1.82) is 0 Å². The van der Waals surface area contributed by atoms with Gasteiger partial charge in [0.1, 0.15) is 6.10 Å². The number of hydrogen-bond donors (Lipinski definition) is 1. The van der Waals surface area contributed by atoms with Crippen molar-refractivity contribution in [2.24, 2.45) is 0 Å². The Balaban J connectivity index is 2.37. The largest absolute Gasteiger partial charge is 0.382 e. The molecule has 0 amide bonds. The Hall–Kier alpha value is -1.38. The van der Waals surface area contributed by atoms with Crippen molar-refractivity contribution in [3.8, 4) is 0 Å². The fraction of sp³-hybridized carbons (Fsp3) is 0.214. The van der Waals surface area contributed by atoms with Crippen LogP contribution in [0, 0.1) is 0 Å². The lowest BCUT2D eigenvalue weighted by molar-refractivity contribution is 0.215. The molecule has 2 rings (SSSR count). The molecule has 88 valence electrons. The van der Waals surface area contributed by atoms with Crippen LogP contribution in [0.2, 0.25) is 5.02 Å². The zero-order valence-electron chi connectivity index (χ0n) is 9.60. The van der Waals surface area contributed by atoms with Gasteiger partial charge in [-0.2, -0.15) is 0 Å². The van der Waals surface area contributed by atoms with E-state index in [9.17, 15) is 5.11 Å². The molecule has 1 aromatic heterocycles. The van der Waals surface area contributed by atoms with Crippen molar-refractivity contribution < 1.29 is 5.11 Å². The number of aliphatic hydroxyl groups is 1. The number of hydrogen-bond acceptors (Lipinski definition) is 2. The van der Waals surface area contributed by atoms with E-state index in [1.54, 1.807) is 18.3 Å². The molecule has 3 heteroatoms. The predicted octanol–water partition coefficient (Wildman–Crippen LogP) is 3.38. The van der Waals surface area contributed by atoms with E-state index < -0.39 is 6.10 Å². The van der Waals surface area contributed by atoms with Crippen LogP contribution in [0.1, 0.15) is 29.8 Å². The van der Waals surface area contributed by atoms with Crippen LogP contribution in [0.25, 0.3) is 0 Å². The van der Waals surface area contributed by atoms with E-state index in [0.29, 0.717) is 10.7 Å². The van der Waals surface area contributed by atoms with E-state index in [2.05, 4.69) is 11.9 Å². The number of aliphatic hydroxyl groups excluding tert-OH is 1. The lowest BCUT2D eigenvalue weighted by atomic mass is 10.0. The highest BCUT2D eigenvalue weighted by atomic mass is 35.5. The molecular weight excluding hydrogens is 234 g/mol. The first-order chi connectivity index (χ1) is 8.22. The van der Waals surface area contributed by atoms with Crippen LogP contribution < -0.4 is 0 Å². The van der Waals surface area contributed by atoms with Crippen LogP contribution in [0.15, 0.2) is 42.6 Å². The second-order valence-corrected chi connectivity index (χ2v) is 4.28. The molecule has 2 aromatic rings. The first-order valence-electron chi connectivity index (χ1n) is 5.59. The van der Waals surface area contributed by atoms with Gasteiger partial charge in [0, 0.05) is 6.20 Å². The van der Waals surface area contributed by atoms with E-state index in [0.717, 1.165) is 12.0 Å². The normalized spacial score (nSPS) is 12.4. The fourth-order valence-corrected chi connectivity index (χ4v) is 1.96. The Morgan fingerprint density at radius 1 is 1.29 bits per heavy atom. The average Bonchev–Trinajstić information content (AvgIpc) is 2.38. The monoisotopic (exact) mass is 247 g/mol. The molecule has 1 heterocycles. The van der Waals surface area contributed by atoms with Crippen molar-refractivity contribution in [3.63, 3.8) is 0 Å². The van der Waals surface area contributed by atoms with Crippen LogP contribution >= 0.6 is 11.6 Å². The van der Waals surface area contributed by atoms with Crippen molar-refractivity contribution in [2.75, 3.05) is 0 Å². The minimum absolute atomic E-state index is 0.488. The molecule has 1 atom stereocenters. The average molecular weight is 248 g/mol. The number of rotatable bonds is 3. The molecule has 0 fully saturated rings. The zero-order chi connectivity index (χ0) is 12.3. The van der Waals surface area contributed by atoms with E-state index in [1.807, 2.05) is 24.3 Å². The molecule has 2 nitrogen and oxygen atoms in total. The summed E-state index contributed by atoms with van der Waals surface area (Å²) in [7, 11) is 0. The number of benzene rings is 1. The van der Waals surface area contributed by atoms with E-state index in [1.165, 1.54) is 5.56 Å². The summed E-state index contributed by atoms with van der Waals surface area (Å²) in [6, 6.07) is 11.3. The Bertz CT molecular complexity index is 513. The summed E-state index contributed by atoms with van der Waals surface area (Å²) in [4.78, 5) is 4.13. The van der Waals surface area contributed by atoms with Crippen molar-refractivity contribution in [3.05, 3.63) is 64.4 Å². The maximum atomic E-state index is 10.2. The second kappa shape index (κ2) is 5.30. The highest BCUT2D eigenvalue weighted by Gasteiger charge is 2.14. The molecule has 0 radical (unpaired) electrons. The molecular formula is C14H14ClNO. The Labute approximate surface area is 106 Å². The third kappa shape index (κ3) is 2.65. The van der Waals surface area contributed by atoms with Crippen molar-refractivity contribution in [1.82, 2.24) is 4.98 Å². The van der Waals surface area contributed by atoms with Gasteiger partial charge in [-0.3, -0.25) is 4.98 Å². The SMILES string of the molecule is CCc1cccc(C(O)c2ncccc2Cl)c1. The van der Waals surface area contributed by atoms with Gasteiger partial charge in [-0.1, -0.05) is 42.8 Å². The number of aryl methyl sites for hydroxylation is 1. The highest BCUT2D eigenvalue weighted by Crippen LogP contribution is 2.26. The van der Waals surface area contributed by atoms with Crippen LogP contribution in [0.3, 0.4) is 0 Å². The Kier molecular flexibility index (Phi) is 3.77. The summed E-state index contributed by atoms with van der Waals surface area (Å²) < 4.78 is 0. The van der Waals surface area contributed by atoms with Gasteiger partial charge >= 0.3 is 0 Å². The first-order valence-corrected chi connectivity index (χ1v) is 5.97. The molecule has 1 aromatic carbocycles. The van der Waals surface area contributed by atoms with E-state index in [-0.39, 0.29) is 0 Å². The van der Waals surface area contributed by atoms with Gasteiger partial charge in [-0.15, -0.1) is 0 Å². The number of halogens is 1. The lowest BCUT2D eigenvalue weighted by Crippen LogP contribution is -2.03. The van der Waals surface area contributed by atoms with Crippen molar-refractivity contribution in [2.45, 2.75) is 19.4 Å². The number of pyridine rings is 1. The maximum absolute atomic E-state index is 10.2. The van der Waals surface area contributed by atoms with Crippen LogP contribution in [0.4, 0.5) is 0 Å². The van der Waals surface area contributed by atoms with E-state index >= 15 is 0 Å². The first kappa shape index (κ1) is 12.1. The molecule has 0 saturated heterocycles. The molecule has 0 bridgehead atoms. The van der Waals surface area contributed by atoms with Gasteiger partial charge in [-0.05, 0) is 29.7 Å². The summed E-state index contributed by atoms with van der Waals surface area (Å²) >= 11 is 6.02. The van der Waals surface area contributed by atoms with Gasteiger partial charge in [0.05, 0.1) is 10.7 Å². The van der Waals surface area contributed by atoms with Crippen LogP contribution in [-0.2, 0) is 6.42 Å². The fourth-order valence-electron chi connectivity index (χ4n) is 1.74. The Morgan fingerprint density at radius 3 is 2.82 bits per heavy atom. The van der Waals surface area contributed by atoms with Crippen LogP contribution in [0.5, 0.6) is 0 Å². The highest BCUT2D eigenvalue weighted by molar-refractivity contribution is 6.31. The predicted molar refractivity (Wildman–Crippen MR) is 69.1 cm³/mol. The number of aromatic nitrogens is 1. The smallest absolute Gasteiger partial charge is 0.122 e. The minimum Gasteiger partial charge on any atom is -0.382 e. The van der Waals surface area contributed by atoms with Gasteiger partial charge in [0.25, 0.3) is 0 Å². The molecule has 1 N–H and O–H groups in total. The van der Waals surface area contributed by atoms with E-state index in [4.69, 9.17) is 11.6 Å². The molecule has 1 unspecified atom stereocenters.